The Morgan fingerprint density at radius 1 is 1.42 bits per heavy atom. The molecule has 2 rings (SSSR count). The summed E-state index contributed by atoms with van der Waals surface area (Å²) < 4.78 is 26.8. The Balaban J connectivity index is 1.93. The van der Waals surface area contributed by atoms with Gasteiger partial charge in [-0.1, -0.05) is 24.7 Å². The first-order valence-corrected chi connectivity index (χ1v) is 8.79. The van der Waals surface area contributed by atoms with Crippen molar-refractivity contribution in [2.45, 2.75) is 37.5 Å². The molecule has 1 fully saturated rings. The lowest BCUT2D eigenvalue weighted by Crippen LogP contribution is -2.31. The highest BCUT2D eigenvalue weighted by Gasteiger charge is 2.28. The van der Waals surface area contributed by atoms with Gasteiger partial charge in [-0.25, -0.2) is 13.1 Å². The lowest BCUT2D eigenvalue weighted by Gasteiger charge is -2.11. The summed E-state index contributed by atoms with van der Waals surface area (Å²) in [4.78, 5) is 0.975. The Labute approximate surface area is 118 Å². The summed E-state index contributed by atoms with van der Waals surface area (Å²) in [6.45, 7) is 0.688. The molecule has 1 saturated carbocycles. The molecule has 0 atom stereocenters. The van der Waals surface area contributed by atoms with Gasteiger partial charge < -0.3 is 5.73 Å². The average Bonchev–Trinajstić information content (AvgIpc) is 3.05. The number of thiophene rings is 1. The topological polar surface area (TPSA) is 72.2 Å². The van der Waals surface area contributed by atoms with Crippen LogP contribution in [-0.2, 0) is 16.6 Å². The van der Waals surface area contributed by atoms with Crippen LogP contribution in [0.15, 0.2) is 11.4 Å². The molecule has 0 amide bonds. The highest BCUT2D eigenvalue weighted by Crippen LogP contribution is 2.24. The summed E-state index contributed by atoms with van der Waals surface area (Å²) in [5.74, 6) is 5.72. The summed E-state index contributed by atoms with van der Waals surface area (Å²) >= 11 is 1.51. The molecular formula is C13H18N2O2S2. The SMILES string of the molecule is NCC#Cc1csc(CNS(=O)(=O)C2CCCC2)c1. The van der Waals surface area contributed by atoms with E-state index >= 15 is 0 Å². The molecule has 0 saturated heterocycles. The van der Waals surface area contributed by atoms with Crippen molar-refractivity contribution in [1.82, 2.24) is 4.72 Å². The molecule has 0 aromatic carbocycles. The minimum atomic E-state index is -3.17. The molecule has 0 spiro atoms. The van der Waals surface area contributed by atoms with Gasteiger partial charge in [0, 0.05) is 22.4 Å². The number of nitrogens with two attached hydrogens (primary N) is 1. The van der Waals surface area contributed by atoms with Crippen molar-refractivity contribution in [1.29, 1.82) is 0 Å². The third kappa shape index (κ3) is 4.05. The Morgan fingerprint density at radius 3 is 2.84 bits per heavy atom. The van der Waals surface area contributed by atoms with E-state index in [4.69, 9.17) is 5.73 Å². The van der Waals surface area contributed by atoms with Gasteiger partial charge in [0.2, 0.25) is 10.0 Å². The number of hydrogen-bond donors (Lipinski definition) is 2. The first kappa shape index (κ1) is 14.5. The van der Waals surface area contributed by atoms with Crippen molar-refractivity contribution in [3.63, 3.8) is 0 Å². The highest BCUT2D eigenvalue weighted by molar-refractivity contribution is 7.90. The van der Waals surface area contributed by atoms with E-state index in [0.717, 1.165) is 36.1 Å². The fourth-order valence-corrected chi connectivity index (χ4v) is 4.57. The number of sulfonamides is 1. The molecule has 1 aliphatic carbocycles. The molecule has 0 radical (unpaired) electrons. The van der Waals surface area contributed by atoms with Crippen LogP contribution in [0.4, 0.5) is 0 Å². The average molecular weight is 298 g/mol. The van der Waals surface area contributed by atoms with E-state index < -0.39 is 10.0 Å². The Bertz CT molecular complexity index is 575. The molecule has 6 heteroatoms. The van der Waals surface area contributed by atoms with E-state index in [1.807, 2.05) is 11.4 Å². The standard InChI is InChI=1S/C13H18N2O2S2/c14-7-3-4-11-8-12(18-10-11)9-15-19(16,17)13-5-1-2-6-13/h8,10,13,15H,1-2,5-7,9,14H2. The molecule has 0 bridgehead atoms. The van der Waals surface area contributed by atoms with Gasteiger partial charge in [0.05, 0.1) is 11.8 Å². The molecule has 19 heavy (non-hydrogen) atoms. The lowest BCUT2D eigenvalue weighted by atomic mass is 10.3. The summed E-state index contributed by atoms with van der Waals surface area (Å²) in [6.07, 6.45) is 3.60. The molecular weight excluding hydrogens is 280 g/mol. The summed E-state index contributed by atoms with van der Waals surface area (Å²) in [7, 11) is -3.17. The minimum Gasteiger partial charge on any atom is -0.320 e. The van der Waals surface area contributed by atoms with Crippen LogP contribution >= 0.6 is 11.3 Å². The third-order valence-corrected chi connectivity index (χ3v) is 6.01. The Morgan fingerprint density at radius 2 is 2.16 bits per heavy atom. The fraction of sp³-hybridized carbons (Fsp3) is 0.538. The molecule has 0 aliphatic heterocycles. The maximum atomic E-state index is 12.0. The van der Waals surface area contributed by atoms with Gasteiger partial charge in [-0.3, -0.25) is 0 Å². The van der Waals surface area contributed by atoms with Crippen molar-refractivity contribution < 1.29 is 8.42 Å². The van der Waals surface area contributed by atoms with E-state index in [2.05, 4.69) is 16.6 Å². The van der Waals surface area contributed by atoms with Gasteiger partial charge in [-0.15, -0.1) is 11.3 Å². The molecule has 104 valence electrons. The van der Waals surface area contributed by atoms with E-state index in [1.54, 1.807) is 0 Å². The maximum Gasteiger partial charge on any atom is 0.214 e. The molecule has 3 N–H and O–H groups in total. The van der Waals surface area contributed by atoms with Crippen molar-refractivity contribution in [2.24, 2.45) is 5.73 Å². The molecule has 0 unspecified atom stereocenters. The zero-order valence-corrected chi connectivity index (χ0v) is 12.3. The van der Waals surface area contributed by atoms with Gasteiger partial charge >= 0.3 is 0 Å². The fourth-order valence-electron chi connectivity index (χ4n) is 2.18. The van der Waals surface area contributed by atoms with Gasteiger partial charge in [0.25, 0.3) is 0 Å². The lowest BCUT2D eigenvalue weighted by molar-refractivity contribution is 0.565. The van der Waals surface area contributed by atoms with E-state index in [-0.39, 0.29) is 5.25 Å². The summed E-state index contributed by atoms with van der Waals surface area (Å²) in [5, 5.41) is 1.71. The quantitative estimate of drug-likeness (QED) is 0.826. The zero-order chi connectivity index (χ0) is 13.7. The first-order chi connectivity index (χ1) is 9.12. The van der Waals surface area contributed by atoms with E-state index in [0.29, 0.717) is 13.1 Å². The van der Waals surface area contributed by atoms with E-state index in [1.165, 1.54) is 11.3 Å². The molecule has 1 heterocycles. The van der Waals surface area contributed by atoms with Crippen LogP contribution < -0.4 is 10.5 Å². The molecule has 1 aromatic heterocycles. The van der Waals surface area contributed by atoms with Crippen LogP contribution in [0, 0.1) is 11.8 Å². The summed E-state index contributed by atoms with van der Waals surface area (Å²) in [5.41, 5.74) is 6.20. The van der Waals surface area contributed by atoms with Crippen molar-refractivity contribution >= 4 is 21.4 Å². The highest BCUT2D eigenvalue weighted by atomic mass is 32.2. The van der Waals surface area contributed by atoms with Crippen LogP contribution in [-0.4, -0.2) is 20.2 Å². The second-order valence-corrected chi connectivity index (χ2v) is 7.62. The zero-order valence-electron chi connectivity index (χ0n) is 10.7. The van der Waals surface area contributed by atoms with Crippen LogP contribution in [0.2, 0.25) is 0 Å². The predicted molar refractivity (Wildman–Crippen MR) is 78.3 cm³/mol. The first-order valence-electron chi connectivity index (χ1n) is 6.36. The van der Waals surface area contributed by atoms with Gasteiger partial charge in [0.1, 0.15) is 0 Å². The number of rotatable bonds is 4. The monoisotopic (exact) mass is 298 g/mol. The van der Waals surface area contributed by atoms with Crippen LogP contribution in [0.5, 0.6) is 0 Å². The Hall–Kier alpha value is -0.870. The van der Waals surface area contributed by atoms with Crippen LogP contribution in [0.3, 0.4) is 0 Å². The molecule has 1 aromatic rings. The van der Waals surface area contributed by atoms with Crippen molar-refractivity contribution in [2.75, 3.05) is 6.54 Å². The largest absolute Gasteiger partial charge is 0.320 e. The van der Waals surface area contributed by atoms with Crippen molar-refractivity contribution in [3.8, 4) is 11.8 Å². The van der Waals surface area contributed by atoms with Crippen molar-refractivity contribution in [3.05, 3.63) is 21.9 Å². The Kier molecular flexibility index (Phi) is 4.99. The van der Waals surface area contributed by atoms with Crippen LogP contribution in [0.1, 0.15) is 36.1 Å². The molecule has 4 nitrogen and oxygen atoms in total. The van der Waals surface area contributed by atoms with Gasteiger partial charge in [0.15, 0.2) is 0 Å². The van der Waals surface area contributed by atoms with E-state index in [9.17, 15) is 8.42 Å². The number of nitrogens with one attached hydrogen (secondary N) is 1. The van der Waals surface area contributed by atoms with Gasteiger partial charge in [-0.05, 0) is 18.9 Å². The predicted octanol–water partition coefficient (Wildman–Crippen LogP) is 1.42. The second-order valence-electron chi connectivity index (χ2n) is 4.58. The third-order valence-electron chi connectivity index (χ3n) is 3.18. The van der Waals surface area contributed by atoms with Gasteiger partial charge in [-0.2, -0.15) is 0 Å². The number of hydrogen-bond acceptors (Lipinski definition) is 4. The maximum absolute atomic E-state index is 12.0. The second kappa shape index (κ2) is 6.53. The van der Waals surface area contributed by atoms with Crippen LogP contribution in [0.25, 0.3) is 0 Å². The minimum absolute atomic E-state index is 0.205. The smallest absolute Gasteiger partial charge is 0.214 e. The summed E-state index contributed by atoms with van der Waals surface area (Å²) in [6, 6.07) is 1.91. The molecule has 1 aliphatic rings. The normalized spacial score (nSPS) is 16.3.